The number of fused-ring (bicyclic) bond motifs is 4. The molecule has 0 spiro atoms. The second kappa shape index (κ2) is 13.4. The van der Waals surface area contributed by atoms with Crippen LogP contribution in [0.3, 0.4) is 0 Å². The van der Waals surface area contributed by atoms with Crippen LogP contribution in [-0.4, -0.2) is 19.9 Å². The minimum atomic E-state index is 0.819. The quantitative estimate of drug-likeness (QED) is 0.163. The number of hydrogen-bond acceptors (Lipinski definition) is 4. The Balaban J connectivity index is 1.09. The van der Waals surface area contributed by atoms with Crippen molar-refractivity contribution >= 4 is 32.8 Å². The Morgan fingerprint density at radius 1 is 0.259 bits per heavy atom. The molecule has 4 heteroatoms. The average molecular weight is 689 g/mol. The van der Waals surface area contributed by atoms with Crippen LogP contribution in [0.4, 0.5) is 0 Å². The summed E-state index contributed by atoms with van der Waals surface area (Å²) in [5.41, 5.74) is 15.7. The first kappa shape index (κ1) is 31.4. The van der Waals surface area contributed by atoms with Gasteiger partial charge in [-0.25, -0.2) is 19.9 Å². The van der Waals surface area contributed by atoms with Gasteiger partial charge in [-0.05, 0) is 52.6 Å². The number of aromatic nitrogens is 4. The van der Waals surface area contributed by atoms with Gasteiger partial charge in [-0.15, -0.1) is 0 Å². The van der Waals surface area contributed by atoms with Gasteiger partial charge in [0.25, 0.3) is 0 Å². The van der Waals surface area contributed by atoms with Crippen LogP contribution < -0.4 is 0 Å². The molecule has 0 bridgehead atoms. The Labute approximate surface area is 313 Å². The van der Waals surface area contributed by atoms with Crippen molar-refractivity contribution in [2.45, 2.75) is 0 Å². The molecule has 0 aliphatic carbocycles. The minimum Gasteiger partial charge on any atom is -0.245 e. The highest BCUT2D eigenvalue weighted by Crippen LogP contribution is 2.37. The molecular formula is C50H32N4. The maximum Gasteiger partial charge on any atom is 0.0973 e. The van der Waals surface area contributed by atoms with Crippen molar-refractivity contribution in [3.63, 3.8) is 0 Å². The van der Waals surface area contributed by atoms with Gasteiger partial charge in [0.2, 0.25) is 0 Å². The Kier molecular flexibility index (Phi) is 7.77. The van der Waals surface area contributed by atoms with Crippen molar-refractivity contribution in [3.05, 3.63) is 194 Å². The van der Waals surface area contributed by atoms with Gasteiger partial charge in [-0.1, -0.05) is 164 Å². The molecule has 0 saturated carbocycles. The fourth-order valence-corrected chi connectivity index (χ4v) is 7.33. The van der Waals surface area contributed by atoms with E-state index in [1.54, 1.807) is 0 Å². The van der Waals surface area contributed by atoms with E-state index >= 15 is 0 Å². The van der Waals surface area contributed by atoms with Crippen molar-refractivity contribution < 1.29 is 0 Å². The molecule has 4 nitrogen and oxygen atoms in total. The summed E-state index contributed by atoms with van der Waals surface area (Å²) in [5.74, 6) is 0. The van der Waals surface area contributed by atoms with Gasteiger partial charge in [-0.2, -0.15) is 0 Å². The highest BCUT2D eigenvalue weighted by Gasteiger charge is 2.16. The lowest BCUT2D eigenvalue weighted by Gasteiger charge is -2.14. The van der Waals surface area contributed by atoms with Gasteiger partial charge < -0.3 is 0 Å². The van der Waals surface area contributed by atoms with Crippen LogP contribution in [0.2, 0.25) is 0 Å². The van der Waals surface area contributed by atoms with Crippen LogP contribution in [0.25, 0.3) is 100 Å². The topological polar surface area (TPSA) is 51.6 Å². The third-order valence-corrected chi connectivity index (χ3v) is 10.1. The Morgan fingerprint density at radius 3 is 1.22 bits per heavy atom. The van der Waals surface area contributed by atoms with E-state index in [-0.39, 0.29) is 0 Å². The van der Waals surface area contributed by atoms with Crippen LogP contribution in [-0.2, 0) is 0 Å². The van der Waals surface area contributed by atoms with E-state index in [4.69, 9.17) is 19.9 Å². The molecule has 3 aromatic heterocycles. The first-order chi connectivity index (χ1) is 26.7. The van der Waals surface area contributed by atoms with Crippen molar-refractivity contribution in [2.75, 3.05) is 0 Å². The highest BCUT2D eigenvalue weighted by molar-refractivity contribution is 6.04. The van der Waals surface area contributed by atoms with Crippen LogP contribution in [0.5, 0.6) is 0 Å². The fourth-order valence-electron chi connectivity index (χ4n) is 7.33. The van der Waals surface area contributed by atoms with Crippen LogP contribution >= 0.6 is 0 Å². The molecule has 0 fully saturated rings. The second-order valence-corrected chi connectivity index (χ2v) is 13.5. The maximum absolute atomic E-state index is 5.29. The Hall–Kier alpha value is -7.30. The number of rotatable bonds is 6. The largest absolute Gasteiger partial charge is 0.245 e. The first-order valence-electron chi connectivity index (χ1n) is 18.1. The average Bonchev–Trinajstić information content (AvgIpc) is 3.26. The zero-order valence-corrected chi connectivity index (χ0v) is 29.3. The lowest BCUT2D eigenvalue weighted by Crippen LogP contribution is -1.96. The predicted molar refractivity (Wildman–Crippen MR) is 223 cm³/mol. The van der Waals surface area contributed by atoms with Crippen molar-refractivity contribution in [1.29, 1.82) is 0 Å². The maximum atomic E-state index is 5.29. The van der Waals surface area contributed by atoms with Crippen molar-refractivity contribution in [3.8, 4) is 67.3 Å². The first-order valence-corrected chi connectivity index (χ1v) is 18.1. The summed E-state index contributed by atoms with van der Waals surface area (Å²) in [6.45, 7) is 0. The van der Waals surface area contributed by atoms with Gasteiger partial charge in [0.15, 0.2) is 0 Å². The second-order valence-electron chi connectivity index (χ2n) is 13.5. The highest BCUT2D eigenvalue weighted by atomic mass is 14.8. The van der Waals surface area contributed by atoms with Gasteiger partial charge in [0.05, 0.1) is 44.8 Å². The summed E-state index contributed by atoms with van der Waals surface area (Å²) in [6, 6.07) is 67.3. The van der Waals surface area contributed by atoms with Crippen molar-refractivity contribution in [1.82, 2.24) is 19.9 Å². The SMILES string of the molecule is c1ccc(-c2ccc(-c3ccc4ccc5ccc(-c6ccc7nc(-c8ccccc8)c(-c8ccccc8)nc7c6)nc5c4n3)cc2-c2ccccc2)cc1. The summed E-state index contributed by atoms with van der Waals surface area (Å²) < 4.78 is 0. The number of pyridine rings is 2. The zero-order chi connectivity index (χ0) is 35.8. The molecule has 0 unspecified atom stereocenters. The van der Waals surface area contributed by atoms with E-state index in [0.29, 0.717) is 0 Å². The van der Waals surface area contributed by atoms with E-state index < -0.39 is 0 Å². The molecule has 0 atom stereocenters. The molecule has 10 rings (SSSR count). The molecule has 252 valence electrons. The third kappa shape index (κ3) is 5.76. The molecule has 0 aliphatic rings. The molecular weight excluding hydrogens is 657 g/mol. The summed E-state index contributed by atoms with van der Waals surface area (Å²) in [7, 11) is 0. The van der Waals surface area contributed by atoms with Crippen molar-refractivity contribution in [2.24, 2.45) is 0 Å². The molecule has 10 aromatic rings. The van der Waals surface area contributed by atoms with E-state index in [1.165, 1.54) is 22.3 Å². The Morgan fingerprint density at radius 2 is 0.685 bits per heavy atom. The standard InChI is InChI=1S/C50H32N4/c1-5-13-33(14-6-1)41-27-23-39(31-42(41)34-15-7-2-8-16-34)43-28-24-37-21-22-38-25-29-44(52-50(38)49(37)51-43)40-26-30-45-46(32-40)54-48(36-19-11-4-12-20-36)47(53-45)35-17-9-3-10-18-35/h1-32H. The van der Waals surface area contributed by atoms with E-state index in [2.05, 4.69) is 152 Å². The predicted octanol–water partition coefficient (Wildman–Crippen LogP) is 12.7. The lowest BCUT2D eigenvalue weighted by atomic mass is 9.92. The summed E-state index contributed by atoms with van der Waals surface area (Å²) in [4.78, 5) is 20.9. The molecule has 0 saturated heterocycles. The summed E-state index contributed by atoms with van der Waals surface area (Å²) >= 11 is 0. The van der Waals surface area contributed by atoms with Gasteiger partial charge in [0, 0.05) is 33.0 Å². The minimum absolute atomic E-state index is 0.819. The van der Waals surface area contributed by atoms with Gasteiger partial charge in [0.1, 0.15) is 0 Å². The van der Waals surface area contributed by atoms with E-state index in [0.717, 1.165) is 77.9 Å². The van der Waals surface area contributed by atoms with Gasteiger partial charge in [-0.3, -0.25) is 0 Å². The molecule has 0 aliphatic heterocycles. The third-order valence-electron chi connectivity index (χ3n) is 10.1. The zero-order valence-electron chi connectivity index (χ0n) is 29.3. The van der Waals surface area contributed by atoms with E-state index in [9.17, 15) is 0 Å². The molecule has 0 N–H and O–H groups in total. The number of nitrogens with zero attached hydrogens (tertiary/aromatic N) is 4. The van der Waals surface area contributed by atoms with Crippen LogP contribution in [0.1, 0.15) is 0 Å². The van der Waals surface area contributed by atoms with Crippen LogP contribution in [0.15, 0.2) is 194 Å². The molecule has 7 aromatic carbocycles. The molecule has 0 amide bonds. The molecule has 0 radical (unpaired) electrons. The van der Waals surface area contributed by atoms with Crippen LogP contribution in [0, 0.1) is 0 Å². The normalized spacial score (nSPS) is 11.3. The Bertz CT molecular complexity index is 2960. The smallest absolute Gasteiger partial charge is 0.0973 e. The molecule has 54 heavy (non-hydrogen) atoms. The number of hydrogen-bond donors (Lipinski definition) is 0. The van der Waals surface area contributed by atoms with E-state index in [1.807, 2.05) is 42.5 Å². The monoisotopic (exact) mass is 688 g/mol. The fraction of sp³-hybridized carbons (Fsp3) is 0. The molecule has 3 heterocycles. The summed E-state index contributed by atoms with van der Waals surface area (Å²) in [6.07, 6.45) is 0. The lowest BCUT2D eigenvalue weighted by molar-refractivity contribution is 1.29. The number of benzene rings is 7. The van der Waals surface area contributed by atoms with Gasteiger partial charge >= 0.3 is 0 Å². The summed E-state index contributed by atoms with van der Waals surface area (Å²) in [5, 5.41) is 2.09.